The van der Waals surface area contributed by atoms with Crippen LogP contribution in [0.5, 0.6) is 0 Å². The van der Waals surface area contributed by atoms with Gasteiger partial charge >= 0.3 is 12.1 Å². The number of nitrogens with zero attached hydrogens (tertiary/aromatic N) is 2. The van der Waals surface area contributed by atoms with E-state index in [1.165, 1.54) is 34.9 Å². The van der Waals surface area contributed by atoms with E-state index < -0.39 is 30.4 Å². The van der Waals surface area contributed by atoms with Gasteiger partial charge in [0.25, 0.3) is 0 Å². The zero-order valence-corrected chi connectivity index (χ0v) is 19.5. The predicted molar refractivity (Wildman–Crippen MR) is 116 cm³/mol. The molecule has 32 heavy (non-hydrogen) atoms. The Morgan fingerprint density at radius 1 is 1.38 bits per heavy atom. The second kappa shape index (κ2) is 10.0. The SMILES string of the molecule is COC(=O)OC(C)OC(=O)C1=C(SC=Cc2scnc2CO)[C@H](C)[C@@H]2[C@@H]([C@@H](C)O)C(=O)N12. The van der Waals surface area contributed by atoms with Crippen LogP contribution in [0.25, 0.3) is 6.08 Å². The van der Waals surface area contributed by atoms with Crippen LogP contribution < -0.4 is 0 Å². The molecule has 1 aromatic rings. The summed E-state index contributed by atoms with van der Waals surface area (Å²) in [6, 6.07) is -0.380. The zero-order valence-electron chi connectivity index (χ0n) is 17.9. The van der Waals surface area contributed by atoms with E-state index in [1.54, 1.807) is 23.9 Å². The topological polar surface area (TPSA) is 135 Å². The number of carbonyl (C=O) groups is 3. The maximum absolute atomic E-state index is 12.9. The number of ether oxygens (including phenoxy) is 3. The van der Waals surface area contributed by atoms with E-state index in [2.05, 4.69) is 9.72 Å². The lowest BCUT2D eigenvalue weighted by Gasteiger charge is -2.46. The van der Waals surface area contributed by atoms with Gasteiger partial charge in [0.1, 0.15) is 5.70 Å². The highest BCUT2D eigenvalue weighted by Crippen LogP contribution is 2.51. The first-order chi connectivity index (χ1) is 15.2. The molecule has 0 aliphatic carbocycles. The van der Waals surface area contributed by atoms with E-state index in [0.29, 0.717) is 10.6 Å². The van der Waals surface area contributed by atoms with Gasteiger partial charge in [0, 0.05) is 17.7 Å². The van der Waals surface area contributed by atoms with Crippen LogP contribution in [0.4, 0.5) is 4.79 Å². The molecule has 2 N–H and O–H groups in total. The number of hydrogen-bond acceptors (Lipinski definition) is 11. The molecule has 1 amide bonds. The second-order valence-corrected chi connectivity index (χ2v) is 9.09. The molecule has 0 bridgehead atoms. The highest BCUT2D eigenvalue weighted by molar-refractivity contribution is 8.06. The molecular formula is C20H24N2O8S2. The molecule has 3 rings (SSSR count). The number of thioether (sulfide) groups is 1. The first-order valence-electron chi connectivity index (χ1n) is 9.78. The number of aromatic nitrogens is 1. The van der Waals surface area contributed by atoms with Gasteiger partial charge in [-0.2, -0.15) is 0 Å². The smallest absolute Gasteiger partial charge is 0.438 e. The molecular weight excluding hydrogens is 460 g/mol. The third-order valence-electron chi connectivity index (χ3n) is 5.24. The van der Waals surface area contributed by atoms with Crippen LogP contribution in [0.15, 0.2) is 21.5 Å². The Morgan fingerprint density at radius 3 is 2.72 bits per heavy atom. The Kier molecular flexibility index (Phi) is 7.59. The fourth-order valence-corrected chi connectivity index (χ4v) is 5.56. The van der Waals surface area contributed by atoms with Crippen LogP contribution in [0.3, 0.4) is 0 Å². The number of methoxy groups -OCH3 is 1. The first-order valence-corrected chi connectivity index (χ1v) is 11.5. The summed E-state index contributed by atoms with van der Waals surface area (Å²) in [4.78, 5) is 43.7. The fraction of sp³-hybridized carbons (Fsp3) is 0.500. The molecule has 1 fully saturated rings. The normalized spacial score (nSPS) is 24.2. The maximum Gasteiger partial charge on any atom is 0.511 e. The van der Waals surface area contributed by atoms with Crippen molar-refractivity contribution in [3.8, 4) is 0 Å². The van der Waals surface area contributed by atoms with Crippen LogP contribution >= 0.6 is 23.1 Å². The molecule has 1 saturated heterocycles. The summed E-state index contributed by atoms with van der Waals surface area (Å²) in [6.07, 6.45) is -1.34. The molecule has 1 aromatic heterocycles. The van der Waals surface area contributed by atoms with Crippen LogP contribution in [0.1, 0.15) is 31.3 Å². The number of esters is 1. The van der Waals surface area contributed by atoms with Crippen LogP contribution in [0, 0.1) is 11.8 Å². The molecule has 5 atom stereocenters. The van der Waals surface area contributed by atoms with Crippen LogP contribution in [-0.2, 0) is 30.4 Å². The van der Waals surface area contributed by atoms with Crippen molar-refractivity contribution in [3.63, 3.8) is 0 Å². The van der Waals surface area contributed by atoms with Gasteiger partial charge in [-0.3, -0.25) is 4.79 Å². The number of thiazole rings is 1. The highest BCUT2D eigenvalue weighted by Gasteiger charge is 2.60. The maximum atomic E-state index is 12.9. The quantitative estimate of drug-likeness (QED) is 0.321. The number of hydrogen-bond donors (Lipinski definition) is 2. The average molecular weight is 485 g/mol. The van der Waals surface area contributed by atoms with E-state index in [-0.39, 0.29) is 30.2 Å². The van der Waals surface area contributed by atoms with Crippen molar-refractivity contribution in [2.45, 2.75) is 45.8 Å². The third-order valence-corrected chi connectivity index (χ3v) is 7.17. The standard InChI is InChI=1S/C20H24N2O8S2/c1-9-15-14(10(2)24)18(25)22(15)16(19(26)29-11(3)30-20(27)28-4)17(9)31-6-5-13-12(7-23)21-8-32-13/h5-6,8-11,14-15,23-24H,7H2,1-4H3/t9-,10-,11?,14-,15-/m1/s1. The Balaban J connectivity index is 1.86. The van der Waals surface area contributed by atoms with Gasteiger partial charge in [-0.25, -0.2) is 14.6 Å². The van der Waals surface area contributed by atoms with Gasteiger partial charge in [-0.05, 0) is 18.4 Å². The van der Waals surface area contributed by atoms with E-state index in [1.807, 2.05) is 6.92 Å². The Bertz CT molecular complexity index is 957. The van der Waals surface area contributed by atoms with Gasteiger partial charge in [-0.1, -0.05) is 18.7 Å². The fourth-order valence-electron chi connectivity index (χ4n) is 3.79. The predicted octanol–water partition coefficient (Wildman–Crippen LogP) is 2.08. The van der Waals surface area contributed by atoms with Crippen molar-refractivity contribution in [2.24, 2.45) is 11.8 Å². The summed E-state index contributed by atoms with van der Waals surface area (Å²) in [7, 11) is 1.13. The minimum absolute atomic E-state index is 0.0612. The molecule has 0 saturated carbocycles. The lowest BCUT2D eigenvalue weighted by Crippen LogP contribution is -2.63. The number of β-lactam (4-membered cyclic amide) rings is 1. The minimum Gasteiger partial charge on any atom is -0.438 e. The summed E-state index contributed by atoms with van der Waals surface area (Å²) >= 11 is 2.60. The van der Waals surface area contributed by atoms with Crippen molar-refractivity contribution in [3.05, 3.63) is 32.1 Å². The van der Waals surface area contributed by atoms with Gasteiger partial charge in [0.15, 0.2) is 0 Å². The van der Waals surface area contributed by atoms with Crippen molar-refractivity contribution < 1.29 is 38.8 Å². The molecule has 3 heterocycles. The number of carbonyl (C=O) groups excluding carboxylic acids is 3. The van der Waals surface area contributed by atoms with E-state index in [9.17, 15) is 24.6 Å². The molecule has 0 aromatic carbocycles. The monoisotopic (exact) mass is 484 g/mol. The minimum atomic E-state index is -1.23. The first kappa shape index (κ1) is 24.2. The Labute approximate surface area is 192 Å². The number of fused-ring (bicyclic) bond motifs is 1. The molecule has 0 radical (unpaired) electrons. The molecule has 10 nitrogen and oxygen atoms in total. The number of aliphatic hydroxyl groups is 2. The molecule has 12 heteroatoms. The van der Waals surface area contributed by atoms with Crippen molar-refractivity contribution >= 4 is 47.2 Å². The Hall–Kier alpha value is -2.41. The lowest BCUT2D eigenvalue weighted by atomic mass is 9.79. The average Bonchev–Trinajstić information content (AvgIpc) is 3.28. The van der Waals surface area contributed by atoms with Crippen molar-refractivity contribution in [1.29, 1.82) is 0 Å². The van der Waals surface area contributed by atoms with Crippen molar-refractivity contribution in [1.82, 2.24) is 9.88 Å². The summed E-state index contributed by atoms with van der Waals surface area (Å²) in [5.74, 6) is -2.05. The summed E-state index contributed by atoms with van der Waals surface area (Å²) < 4.78 is 14.4. The van der Waals surface area contributed by atoms with Crippen LogP contribution in [0.2, 0.25) is 0 Å². The lowest BCUT2D eigenvalue weighted by molar-refractivity contribution is -0.173. The number of amides is 1. The molecule has 174 valence electrons. The summed E-state index contributed by atoms with van der Waals surface area (Å²) in [5, 5.41) is 21.1. The third kappa shape index (κ3) is 4.53. The van der Waals surface area contributed by atoms with Gasteiger partial charge in [0.2, 0.25) is 12.2 Å². The van der Waals surface area contributed by atoms with E-state index >= 15 is 0 Å². The van der Waals surface area contributed by atoms with Crippen LogP contribution in [-0.4, -0.2) is 63.7 Å². The summed E-state index contributed by atoms with van der Waals surface area (Å²) in [5.41, 5.74) is 2.23. The molecule has 0 spiro atoms. The number of aliphatic hydroxyl groups excluding tert-OH is 2. The molecule has 1 unspecified atom stereocenters. The molecule has 2 aliphatic heterocycles. The van der Waals surface area contributed by atoms with Gasteiger partial charge < -0.3 is 29.3 Å². The van der Waals surface area contributed by atoms with E-state index in [0.717, 1.165) is 12.0 Å². The van der Waals surface area contributed by atoms with Gasteiger partial charge in [0.05, 0.1) is 47.9 Å². The summed E-state index contributed by atoms with van der Waals surface area (Å²) in [6.45, 7) is 4.58. The highest BCUT2D eigenvalue weighted by atomic mass is 32.2. The Morgan fingerprint density at radius 2 is 2.09 bits per heavy atom. The van der Waals surface area contributed by atoms with Crippen molar-refractivity contribution in [2.75, 3.05) is 7.11 Å². The number of rotatable bonds is 8. The van der Waals surface area contributed by atoms with Gasteiger partial charge in [-0.15, -0.1) is 11.3 Å². The van der Waals surface area contributed by atoms with E-state index in [4.69, 9.17) is 9.47 Å². The molecule has 2 aliphatic rings. The largest absolute Gasteiger partial charge is 0.511 e. The zero-order chi connectivity index (χ0) is 23.6. The second-order valence-electron chi connectivity index (χ2n) is 7.25.